The number of hydrogen-bond donors (Lipinski definition) is 2. The second-order valence-electron chi connectivity index (χ2n) is 6.31. The van der Waals surface area contributed by atoms with Crippen molar-refractivity contribution >= 4 is 11.8 Å². The second kappa shape index (κ2) is 8.06. The lowest BCUT2D eigenvalue weighted by Gasteiger charge is -2.22. The van der Waals surface area contributed by atoms with E-state index in [1.807, 2.05) is 11.8 Å². The maximum absolute atomic E-state index is 9.13. The highest BCUT2D eigenvalue weighted by atomic mass is 32.2. The second-order valence-corrected chi connectivity index (χ2v) is 7.78. The first-order valence-corrected chi connectivity index (χ1v) is 8.49. The Bertz CT molecular complexity index is 383. The van der Waals surface area contributed by atoms with Gasteiger partial charge in [-0.1, -0.05) is 58.9 Å². The van der Waals surface area contributed by atoms with Crippen molar-refractivity contribution in [1.82, 2.24) is 5.32 Å². The topological polar surface area (TPSA) is 32.3 Å². The predicted molar refractivity (Wildman–Crippen MR) is 90.6 cm³/mol. The molecule has 0 spiro atoms. The zero-order valence-electron chi connectivity index (χ0n) is 13.4. The molecular formula is C17H29NOS. The summed E-state index contributed by atoms with van der Waals surface area (Å²) in [5.41, 5.74) is 2.90. The van der Waals surface area contributed by atoms with E-state index in [0.717, 1.165) is 12.3 Å². The highest BCUT2D eigenvalue weighted by Crippen LogP contribution is 2.26. The molecule has 3 heteroatoms. The molecule has 2 atom stereocenters. The summed E-state index contributed by atoms with van der Waals surface area (Å²) in [6.45, 7) is 12.1. The molecule has 0 fully saturated rings. The first-order valence-electron chi connectivity index (χ1n) is 7.44. The molecule has 0 heterocycles. The molecule has 0 aliphatic rings. The summed E-state index contributed by atoms with van der Waals surface area (Å²) >= 11 is 1.82. The van der Waals surface area contributed by atoms with Crippen LogP contribution in [0.15, 0.2) is 24.3 Å². The van der Waals surface area contributed by atoms with Gasteiger partial charge in [0.2, 0.25) is 0 Å². The Hall–Kier alpha value is -0.510. The average molecular weight is 295 g/mol. The van der Waals surface area contributed by atoms with Crippen LogP contribution >= 0.6 is 11.8 Å². The lowest BCUT2D eigenvalue weighted by Crippen LogP contribution is -2.24. The number of hydrogen-bond acceptors (Lipinski definition) is 3. The lowest BCUT2D eigenvalue weighted by atomic mass is 9.86. The summed E-state index contributed by atoms with van der Waals surface area (Å²) in [5, 5.41) is 13.0. The van der Waals surface area contributed by atoms with Gasteiger partial charge in [0.05, 0.1) is 6.61 Å². The normalized spacial score (nSPS) is 15.1. The van der Waals surface area contributed by atoms with Crippen LogP contribution in [-0.2, 0) is 5.41 Å². The standard InChI is InChI=1S/C17H29NOS/c1-6-18-16(12-20-13(2)11-19)14-7-9-15(10-8-14)17(3,4)5/h7-10,13,16,18-19H,6,11-12H2,1-5H3. The van der Waals surface area contributed by atoms with E-state index in [1.54, 1.807) is 0 Å². The van der Waals surface area contributed by atoms with E-state index in [0.29, 0.717) is 11.3 Å². The third-order valence-corrected chi connectivity index (χ3v) is 4.68. The van der Waals surface area contributed by atoms with Crippen LogP contribution in [0, 0.1) is 0 Å². The zero-order valence-corrected chi connectivity index (χ0v) is 14.3. The number of nitrogens with one attached hydrogen (secondary N) is 1. The molecule has 0 aliphatic heterocycles. The Morgan fingerprint density at radius 1 is 1.20 bits per heavy atom. The highest BCUT2D eigenvalue weighted by Gasteiger charge is 2.16. The minimum atomic E-state index is 0.201. The first-order chi connectivity index (χ1) is 9.38. The third-order valence-electron chi connectivity index (χ3n) is 3.43. The molecule has 1 aromatic rings. The van der Waals surface area contributed by atoms with Gasteiger partial charge in [0, 0.05) is 17.0 Å². The quantitative estimate of drug-likeness (QED) is 0.803. The fraction of sp³-hybridized carbons (Fsp3) is 0.647. The van der Waals surface area contributed by atoms with Crippen molar-refractivity contribution < 1.29 is 5.11 Å². The molecular weight excluding hydrogens is 266 g/mol. The van der Waals surface area contributed by atoms with E-state index in [2.05, 4.69) is 64.2 Å². The molecule has 2 N–H and O–H groups in total. The van der Waals surface area contributed by atoms with Gasteiger partial charge >= 0.3 is 0 Å². The number of benzene rings is 1. The van der Waals surface area contributed by atoms with Crippen LogP contribution in [0.5, 0.6) is 0 Å². The SMILES string of the molecule is CCNC(CSC(C)CO)c1ccc(C(C)(C)C)cc1. The Balaban J connectivity index is 2.76. The largest absolute Gasteiger partial charge is 0.395 e. The van der Waals surface area contributed by atoms with Crippen LogP contribution < -0.4 is 5.32 Å². The van der Waals surface area contributed by atoms with Crippen molar-refractivity contribution in [1.29, 1.82) is 0 Å². The fourth-order valence-corrected chi connectivity index (χ4v) is 2.98. The van der Waals surface area contributed by atoms with E-state index >= 15 is 0 Å². The Kier molecular flexibility index (Phi) is 7.07. The molecule has 2 nitrogen and oxygen atoms in total. The summed E-state index contributed by atoms with van der Waals surface area (Å²) in [7, 11) is 0. The lowest BCUT2D eigenvalue weighted by molar-refractivity contribution is 0.300. The highest BCUT2D eigenvalue weighted by molar-refractivity contribution is 7.99. The molecule has 0 saturated heterocycles. The van der Waals surface area contributed by atoms with Gasteiger partial charge < -0.3 is 10.4 Å². The summed E-state index contributed by atoms with van der Waals surface area (Å²) < 4.78 is 0. The van der Waals surface area contributed by atoms with Gasteiger partial charge in [-0.2, -0.15) is 11.8 Å². The first kappa shape index (κ1) is 17.5. The van der Waals surface area contributed by atoms with Crippen LogP contribution in [0.3, 0.4) is 0 Å². The van der Waals surface area contributed by atoms with Crippen molar-refractivity contribution in [3.8, 4) is 0 Å². The average Bonchev–Trinajstić information content (AvgIpc) is 2.42. The van der Waals surface area contributed by atoms with Crippen molar-refractivity contribution in [3.05, 3.63) is 35.4 Å². The summed E-state index contributed by atoms with van der Waals surface area (Å²) in [4.78, 5) is 0. The minimum absolute atomic E-state index is 0.201. The summed E-state index contributed by atoms with van der Waals surface area (Å²) in [5.74, 6) is 0.991. The van der Waals surface area contributed by atoms with E-state index in [1.165, 1.54) is 11.1 Å². The molecule has 20 heavy (non-hydrogen) atoms. The van der Waals surface area contributed by atoms with Crippen molar-refractivity contribution in [2.75, 3.05) is 18.9 Å². The molecule has 0 aromatic heterocycles. The minimum Gasteiger partial charge on any atom is -0.395 e. The molecule has 1 aromatic carbocycles. The van der Waals surface area contributed by atoms with Gasteiger partial charge in [-0.05, 0) is 23.1 Å². The molecule has 0 saturated carbocycles. The van der Waals surface area contributed by atoms with Gasteiger partial charge in [0.25, 0.3) is 0 Å². The Labute approximate surface area is 128 Å². The molecule has 1 rings (SSSR count). The van der Waals surface area contributed by atoms with Crippen LogP contribution in [-0.4, -0.2) is 29.3 Å². The van der Waals surface area contributed by atoms with Crippen molar-refractivity contribution in [2.45, 2.75) is 51.3 Å². The van der Waals surface area contributed by atoms with E-state index in [4.69, 9.17) is 5.11 Å². The van der Waals surface area contributed by atoms with Gasteiger partial charge in [-0.25, -0.2) is 0 Å². The van der Waals surface area contributed by atoms with E-state index in [-0.39, 0.29) is 12.0 Å². The maximum atomic E-state index is 9.13. The van der Waals surface area contributed by atoms with Crippen LogP contribution in [0.4, 0.5) is 0 Å². The predicted octanol–water partition coefficient (Wildman–Crippen LogP) is 3.75. The molecule has 0 amide bonds. The van der Waals surface area contributed by atoms with Gasteiger partial charge in [-0.15, -0.1) is 0 Å². The van der Waals surface area contributed by atoms with Gasteiger partial charge in [-0.3, -0.25) is 0 Å². The van der Waals surface area contributed by atoms with Crippen molar-refractivity contribution in [3.63, 3.8) is 0 Å². The van der Waals surface area contributed by atoms with E-state index in [9.17, 15) is 0 Å². The summed E-state index contributed by atoms with van der Waals surface area (Å²) in [6.07, 6.45) is 0. The summed E-state index contributed by atoms with van der Waals surface area (Å²) in [6, 6.07) is 9.29. The van der Waals surface area contributed by atoms with Crippen LogP contribution in [0.2, 0.25) is 0 Å². The molecule has 2 unspecified atom stereocenters. The number of aliphatic hydroxyl groups is 1. The van der Waals surface area contributed by atoms with Crippen LogP contribution in [0.1, 0.15) is 51.8 Å². The maximum Gasteiger partial charge on any atom is 0.0547 e. The Morgan fingerprint density at radius 2 is 1.80 bits per heavy atom. The number of rotatable bonds is 7. The number of thioether (sulfide) groups is 1. The van der Waals surface area contributed by atoms with Crippen LogP contribution in [0.25, 0.3) is 0 Å². The monoisotopic (exact) mass is 295 g/mol. The molecule has 0 bridgehead atoms. The van der Waals surface area contributed by atoms with Gasteiger partial charge in [0.1, 0.15) is 0 Å². The molecule has 0 radical (unpaired) electrons. The third kappa shape index (κ3) is 5.47. The molecule has 114 valence electrons. The van der Waals surface area contributed by atoms with Gasteiger partial charge in [0.15, 0.2) is 0 Å². The zero-order chi connectivity index (χ0) is 15.2. The smallest absolute Gasteiger partial charge is 0.0547 e. The van der Waals surface area contributed by atoms with Crippen molar-refractivity contribution in [2.24, 2.45) is 0 Å². The number of aliphatic hydroxyl groups excluding tert-OH is 1. The van der Waals surface area contributed by atoms with E-state index < -0.39 is 0 Å². The fourth-order valence-electron chi connectivity index (χ4n) is 2.05. The molecule has 0 aliphatic carbocycles. The Morgan fingerprint density at radius 3 is 2.25 bits per heavy atom.